The quantitative estimate of drug-likeness (QED) is 0.528. The van der Waals surface area contributed by atoms with E-state index in [1.807, 2.05) is 55.5 Å². The van der Waals surface area contributed by atoms with Gasteiger partial charge in [-0.2, -0.15) is 0 Å². The lowest BCUT2D eigenvalue weighted by Crippen LogP contribution is -2.24. The van der Waals surface area contributed by atoms with E-state index in [1.54, 1.807) is 14.2 Å². The van der Waals surface area contributed by atoms with E-state index in [0.29, 0.717) is 18.5 Å². The van der Waals surface area contributed by atoms with Crippen LogP contribution in [0.15, 0.2) is 35.3 Å². The van der Waals surface area contributed by atoms with Crippen LogP contribution in [-0.2, 0) is 6.61 Å². The first-order valence-electron chi connectivity index (χ1n) is 8.51. The Morgan fingerprint density at radius 2 is 1.77 bits per heavy atom. The number of ether oxygens (including phenoxy) is 3. The van der Waals surface area contributed by atoms with Crippen LogP contribution in [0.5, 0.6) is 17.4 Å². The molecule has 2 aromatic rings. The summed E-state index contributed by atoms with van der Waals surface area (Å²) in [4.78, 5) is 11.0. The first-order chi connectivity index (χ1) is 12.4. The van der Waals surface area contributed by atoms with Crippen LogP contribution in [0, 0.1) is 6.92 Å². The largest absolute Gasteiger partial charge is 0.497 e. The normalized spacial score (nSPS) is 11.0. The molecule has 6 heteroatoms. The SMILES string of the molecule is COc1cc(COc2ccc(N=CN(C)C(C)C)c(C)n2)cc(OC)c1. The average Bonchev–Trinajstić information content (AvgIpc) is 2.64. The summed E-state index contributed by atoms with van der Waals surface area (Å²) >= 11 is 0. The molecule has 6 nitrogen and oxygen atoms in total. The number of pyridine rings is 1. The van der Waals surface area contributed by atoms with E-state index in [9.17, 15) is 0 Å². The molecule has 0 amide bonds. The second kappa shape index (κ2) is 9.08. The highest BCUT2D eigenvalue weighted by atomic mass is 16.5. The molecule has 140 valence electrons. The number of aromatic nitrogens is 1. The zero-order valence-corrected chi connectivity index (χ0v) is 16.3. The van der Waals surface area contributed by atoms with E-state index in [0.717, 1.165) is 28.4 Å². The zero-order valence-electron chi connectivity index (χ0n) is 16.3. The molecule has 0 N–H and O–H groups in total. The minimum Gasteiger partial charge on any atom is -0.497 e. The Hall–Kier alpha value is -2.76. The lowest BCUT2D eigenvalue weighted by molar-refractivity contribution is 0.291. The summed E-state index contributed by atoms with van der Waals surface area (Å²) in [5, 5.41) is 0. The Bertz CT molecular complexity index is 738. The van der Waals surface area contributed by atoms with Crippen molar-refractivity contribution in [3.8, 4) is 17.4 Å². The van der Waals surface area contributed by atoms with Crippen LogP contribution in [0.4, 0.5) is 5.69 Å². The number of hydrogen-bond donors (Lipinski definition) is 0. The van der Waals surface area contributed by atoms with E-state index in [-0.39, 0.29) is 0 Å². The van der Waals surface area contributed by atoms with Gasteiger partial charge in [0.1, 0.15) is 18.1 Å². The Balaban J connectivity index is 2.06. The number of benzene rings is 1. The van der Waals surface area contributed by atoms with E-state index < -0.39 is 0 Å². The van der Waals surface area contributed by atoms with Crippen LogP contribution >= 0.6 is 0 Å². The van der Waals surface area contributed by atoms with Crippen molar-refractivity contribution in [3.05, 3.63) is 41.6 Å². The highest BCUT2D eigenvalue weighted by molar-refractivity contribution is 5.62. The molecule has 0 aliphatic heterocycles. The zero-order chi connectivity index (χ0) is 19.1. The maximum absolute atomic E-state index is 5.81. The first-order valence-corrected chi connectivity index (χ1v) is 8.51. The van der Waals surface area contributed by atoms with Gasteiger partial charge >= 0.3 is 0 Å². The summed E-state index contributed by atoms with van der Waals surface area (Å²) < 4.78 is 16.4. The average molecular weight is 357 g/mol. The minimum absolute atomic E-state index is 0.374. The second-order valence-electron chi connectivity index (χ2n) is 6.27. The van der Waals surface area contributed by atoms with Gasteiger partial charge in [0.2, 0.25) is 5.88 Å². The van der Waals surface area contributed by atoms with E-state index in [1.165, 1.54) is 0 Å². The fourth-order valence-electron chi connectivity index (χ4n) is 2.14. The van der Waals surface area contributed by atoms with Gasteiger partial charge in [-0.15, -0.1) is 0 Å². The van der Waals surface area contributed by atoms with Crippen molar-refractivity contribution in [2.24, 2.45) is 4.99 Å². The predicted octanol–water partition coefficient (Wildman–Crippen LogP) is 3.99. The van der Waals surface area contributed by atoms with Gasteiger partial charge in [-0.1, -0.05) is 0 Å². The highest BCUT2D eigenvalue weighted by Crippen LogP contribution is 2.24. The lowest BCUT2D eigenvalue weighted by Gasteiger charge is -2.17. The smallest absolute Gasteiger partial charge is 0.213 e. The van der Waals surface area contributed by atoms with Crippen molar-refractivity contribution < 1.29 is 14.2 Å². The topological polar surface area (TPSA) is 56.2 Å². The monoisotopic (exact) mass is 357 g/mol. The molecular weight excluding hydrogens is 330 g/mol. The van der Waals surface area contributed by atoms with E-state index in [4.69, 9.17) is 14.2 Å². The number of rotatable bonds is 8. The number of aliphatic imine (C=N–C) groups is 1. The Morgan fingerprint density at radius 3 is 2.31 bits per heavy atom. The molecule has 26 heavy (non-hydrogen) atoms. The van der Waals surface area contributed by atoms with Crippen LogP contribution in [0.2, 0.25) is 0 Å². The number of nitrogens with zero attached hydrogens (tertiary/aromatic N) is 3. The molecule has 0 saturated heterocycles. The van der Waals surface area contributed by atoms with Gasteiger partial charge in [0.25, 0.3) is 0 Å². The molecule has 0 aliphatic carbocycles. The number of methoxy groups -OCH3 is 2. The molecule has 0 aliphatic rings. The maximum atomic E-state index is 5.81. The summed E-state index contributed by atoms with van der Waals surface area (Å²) in [6, 6.07) is 9.79. The summed E-state index contributed by atoms with van der Waals surface area (Å²) in [6.07, 6.45) is 1.82. The maximum Gasteiger partial charge on any atom is 0.213 e. The third-order valence-corrected chi connectivity index (χ3v) is 4.02. The fraction of sp³-hybridized carbons (Fsp3) is 0.400. The van der Waals surface area contributed by atoms with E-state index in [2.05, 4.69) is 23.8 Å². The minimum atomic E-state index is 0.374. The Morgan fingerprint density at radius 1 is 1.12 bits per heavy atom. The van der Waals surface area contributed by atoms with Crippen LogP contribution in [0.1, 0.15) is 25.1 Å². The summed E-state index contributed by atoms with van der Waals surface area (Å²) in [6.45, 7) is 6.52. The van der Waals surface area contributed by atoms with Crippen molar-refractivity contribution in [2.75, 3.05) is 21.3 Å². The van der Waals surface area contributed by atoms with Gasteiger partial charge in [-0.05, 0) is 44.5 Å². The molecule has 0 saturated carbocycles. The third kappa shape index (κ3) is 5.37. The summed E-state index contributed by atoms with van der Waals surface area (Å²) in [7, 11) is 5.25. The molecule has 1 heterocycles. The lowest BCUT2D eigenvalue weighted by atomic mass is 10.2. The predicted molar refractivity (Wildman–Crippen MR) is 104 cm³/mol. The molecule has 2 rings (SSSR count). The Labute approximate surface area is 155 Å². The first kappa shape index (κ1) is 19.6. The van der Waals surface area contributed by atoms with Gasteiger partial charge in [0.05, 0.1) is 31.9 Å². The van der Waals surface area contributed by atoms with Crippen LogP contribution < -0.4 is 14.2 Å². The van der Waals surface area contributed by atoms with Gasteiger partial charge in [-0.3, -0.25) is 0 Å². The molecule has 0 unspecified atom stereocenters. The molecule has 0 fully saturated rings. The number of aryl methyl sites for hydroxylation is 1. The molecule has 0 bridgehead atoms. The molecule has 1 aromatic carbocycles. The molecule has 0 atom stereocenters. The molecule has 0 radical (unpaired) electrons. The van der Waals surface area contributed by atoms with Crippen molar-refractivity contribution in [1.82, 2.24) is 9.88 Å². The highest BCUT2D eigenvalue weighted by Gasteiger charge is 2.06. The van der Waals surface area contributed by atoms with Gasteiger partial charge in [0.15, 0.2) is 0 Å². The summed E-state index contributed by atoms with van der Waals surface area (Å²) in [5.41, 5.74) is 2.59. The van der Waals surface area contributed by atoms with Crippen LogP contribution in [-0.4, -0.2) is 43.5 Å². The Kier molecular flexibility index (Phi) is 6.83. The van der Waals surface area contributed by atoms with Crippen LogP contribution in [0.25, 0.3) is 0 Å². The standard InChI is InChI=1S/C20H27N3O3/c1-14(2)23(4)13-21-19-7-8-20(22-15(19)3)26-12-16-9-17(24-5)11-18(10-16)25-6/h7-11,13-14H,12H2,1-6H3. The molecule has 0 spiro atoms. The van der Waals surface area contributed by atoms with Crippen molar-refractivity contribution >= 4 is 12.0 Å². The molecule has 1 aromatic heterocycles. The second-order valence-corrected chi connectivity index (χ2v) is 6.27. The molecular formula is C20H27N3O3. The third-order valence-electron chi connectivity index (χ3n) is 4.02. The van der Waals surface area contributed by atoms with E-state index >= 15 is 0 Å². The van der Waals surface area contributed by atoms with Crippen molar-refractivity contribution in [2.45, 2.75) is 33.4 Å². The van der Waals surface area contributed by atoms with Crippen molar-refractivity contribution in [3.63, 3.8) is 0 Å². The number of hydrogen-bond acceptors (Lipinski definition) is 5. The van der Waals surface area contributed by atoms with Crippen LogP contribution in [0.3, 0.4) is 0 Å². The summed E-state index contributed by atoms with van der Waals surface area (Å²) in [5.74, 6) is 2.01. The van der Waals surface area contributed by atoms with Gasteiger partial charge in [0, 0.05) is 25.2 Å². The fourth-order valence-corrected chi connectivity index (χ4v) is 2.14. The van der Waals surface area contributed by atoms with Crippen molar-refractivity contribution in [1.29, 1.82) is 0 Å². The van der Waals surface area contributed by atoms with Gasteiger partial charge in [-0.25, -0.2) is 9.98 Å². The van der Waals surface area contributed by atoms with Gasteiger partial charge < -0.3 is 19.1 Å².